The number of benzene rings is 1. The van der Waals surface area contributed by atoms with Gasteiger partial charge in [0.2, 0.25) is 5.43 Å². The van der Waals surface area contributed by atoms with E-state index in [-0.39, 0.29) is 17.8 Å². The lowest BCUT2D eigenvalue weighted by Crippen LogP contribution is -2.13. The first kappa shape index (κ1) is 19.6. The largest absolute Gasteiger partial charge is 0.494 e. The maximum atomic E-state index is 12.1. The van der Waals surface area contributed by atoms with E-state index in [9.17, 15) is 9.59 Å². The van der Waals surface area contributed by atoms with Crippen LogP contribution >= 0.6 is 0 Å². The second kappa shape index (κ2) is 9.65. The van der Waals surface area contributed by atoms with Crippen LogP contribution in [0.15, 0.2) is 41.3 Å². The van der Waals surface area contributed by atoms with Crippen LogP contribution in [0.2, 0.25) is 0 Å². The Labute approximate surface area is 153 Å². The summed E-state index contributed by atoms with van der Waals surface area (Å²) in [5.74, 6) is 0.905. The van der Waals surface area contributed by atoms with Crippen molar-refractivity contribution in [3.05, 3.63) is 58.0 Å². The first-order chi connectivity index (χ1) is 12.5. The topological polar surface area (TPSA) is 77.6 Å². The van der Waals surface area contributed by atoms with Crippen LogP contribution in [0, 0.1) is 5.92 Å². The highest BCUT2D eigenvalue weighted by atomic mass is 16.5. The van der Waals surface area contributed by atoms with Crippen LogP contribution < -0.4 is 14.9 Å². The van der Waals surface area contributed by atoms with Crippen molar-refractivity contribution in [2.45, 2.75) is 33.8 Å². The maximum absolute atomic E-state index is 12.1. The molecule has 1 aromatic heterocycles. The summed E-state index contributed by atoms with van der Waals surface area (Å²) in [6, 6.07) is 8.16. The molecule has 0 amide bonds. The highest BCUT2D eigenvalue weighted by Crippen LogP contribution is 2.15. The average Bonchev–Trinajstić information content (AvgIpc) is 2.61. The molecule has 0 spiro atoms. The number of ether oxygens (including phenoxy) is 3. The van der Waals surface area contributed by atoms with Gasteiger partial charge in [-0.3, -0.25) is 4.79 Å². The number of aromatic nitrogens is 1. The second-order valence-electron chi connectivity index (χ2n) is 6.25. The number of carbonyl (C=O) groups excluding carboxylic acids is 1. The normalized spacial score (nSPS) is 10.6. The minimum atomic E-state index is -0.482. The number of pyridine rings is 1. The van der Waals surface area contributed by atoms with Crippen LogP contribution in [0.1, 0.15) is 43.2 Å². The van der Waals surface area contributed by atoms with Gasteiger partial charge in [0, 0.05) is 12.3 Å². The van der Waals surface area contributed by atoms with Crippen LogP contribution in [0.25, 0.3) is 0 Å². The van der Waals surface area contributed by atoms with Gasteiger partial charge >= 0.3 is 5.97 Å². The van der Waals surface area contributed by atoms with Gasteiger partial charge in [-0.1, -0.05) is 19.9 Å². The van der Waals surface area contributed by atoms with E-state index in [0.717, 1.165) is 6.42 Å². The predicted molar refractivity (Wildman–Crippen MR) is 98.7 cm³/mol. The second-order valence-corrected chi connectivity index (χ2v) is 6.25. The zero-order valence-electron chi connectivity index (χ0n) is 15.4. The van der Waals surface area contributed by atoms with E-state index < -0.39 is 5.97 Å². The van der Waals surface area contributed by atoms with Crippen LogP contribution in [0.5, 0.6) is 11.5 Å². The summed E-state index contributed by atoms with van der Waals surface area (Å²) in [6.07, 6.45) is 2.38. The molecule has 0 bridgehead atoms. The molecule has 0 aliphatic carbocycles. The molecule has 0 fully saturated rings. The molecule has 6 heteroatoms. The first-order valence-electron chi connectivity index (χ1n) is 8.74. The number of H-pyrrole nitrogens is 1. The van der Waals surface area contributed by atoms with Gasteiger partial charge in [0.15, 0.2) is 5.75 Å². The van der Waals surface area contributed by atoms with E-state index in [1.165, 1.54) is 12.3 Å². The van der Waals surface area contributed by atoms with Crippen LogP contribution in [-0.4, -0.2) is 24.2 Å². The van der Waals surface area contributed by atoms with Crippen molar-refractivity contribution >= 4 is 5.97 Å². The number of hydrogen-bond donors (Lipinski definition) is 1. The third-order valence-corrected chi connectivity index (χ3v) is 3.63. The van der Waals surface area contributed by atoms with Gasteiger partial charge in [0.25, 0.3) is 0 Å². The first-order valence-corrected chi connectivity index (χ1v) is 8.74. The van der Waals surface area contributed by atoms with Crippen molar-refractivity contribution in [1.29, 1.82) is 0 Å². The van der Waals surface area contributed by atoms with Gasteiger partial charge in [0.05, 0.1) is 24.5 Å². The molecule has 0 aliphatic rings. The minimum absolute atomic E-state index is 0.0286. The standard InChI is InChI=1S/C20H25NO5/c1-4-24-17-7-5-6-15(10-17)20(23)26-13-16-11-18(22)19(12-21-16)25-9-8-14(2)3/h5-7,10-12,14H,4,8-9,13H2,1-3H3,(H,21,22). The molecule has 0 saturated heterocycles. The lowest BCUT2D eigenvalue weighted by Gasteiger charge is -2.09. The Bertz CT molecular complexity index is 782. The molecule has 0 atom stereocenters. The SMILES string of the molecule is CCOc1cccc(C(=O)OCc2cc(=O)c(OCCC(C)C)c[nH]2)c1. The smallest absolute Gasteiger partial charge is 0.338 e. The fraction of sp³-hybridized carbons (Fsp3) is 0.400. The molecule has 0 radical (unpaired) electrons. The van der Waals surface area contributed by atoms with Crippen molar-refractivity contribution in [2.75, 3.05) is 13.2 Å². The van der Waals surface area contributed by atoms with Gasteiger partial charge in [-0.2, -0.15) is 0 Å². The van der Waals surface area contributed by atoms with Crippen molar-refractivity contribution in [2.24, 2.45) is 5.92 Å². The van der Waals surface area contributed by atoms with Crippen molar-refractivity contribution in [3.8, 4) is 11.5 Å². The molecule has 0 aliphatic heterocycles. The fourth-order valence-corrected chi connectivity index (χ4v) is 2.21. The summed E-state index contributed by atoms with van der Waals surface area (Å²) < 4.78 is 16.1. The van der Waals surface area contributed by atoms with Crippen molar-refractivity contribution < 1.29 is 19.0 Å². The number of hydrogen-bond acceptors (Lipinski definition) is 5. The highest BCUT2D eigenvalue weighted by molar-refractivity contribution is 5.89. The molecule has 2 rings (SSSR count). The molecule has 6 nitrogen and oxygen atoms in total. The van der Waals surface area contributed by atoms with E-state index in [1.807, 2.05) is 6.92 Å². The number of aromatic amines is 1. The van der Waals surface area contributed by atoms with Gasteiger partial charge < -0.3 is 19.2 Å². The lowest BCUT2D eigenvalue weighted by molar-refractivity contribution is 0.0467. The number of carbonyl (C=O) groups is 1. The number of rotatable bonds is 9. The molecule has 140 valence electrons. The summed E-state index contributed by atoms with van der Waals surface area (Å²) in [5.41, 5.74) is 0.657. The average molecular weight is 359 g/mol. The van der Waals surface area contributed by atoms with Crippen LogP contribution in [0.4, 0.5) is 0 Å². The molecule has 2 aromatic rings. The third-order valence-electron chi connectivity index (χ3n) is 3.63. The van der Waals surface area contributed by atoms with Gasteiger partial charge in [-0.05, 0) is 37.5 Å². The zero-order chi connectivity index (χ0) is 18.9. The van der Waals surface area contributed by atoms with E-state index in [2.05, 4.69) is 18.8 Å². The summed E-state index contributed by atoms with van der Waals surface area (Å²) in [5, 5.41) is 0. The summed E-state index contributed by atoms with van der Waals surface area (Å²) >= 11 is 0. The van der Waals surface area contributed by atoms with Crippen LogP contribution in [0.3, 0.4) is 0 Å². The van der Waals surface area contributed by atoms with Gasteiger partial charge in [-0.15, -0.1) is 0 Å². The maximum Gasteiger partial charge on any atom is 0.338 e. The Morgan fingerprint density at radius 1 is 1.19 bits per heavy atom. The van der Waals surface area contributed by atoms with Gasteiger partial charge in [0.1, 0.15) is 12.4 Å². The lowest BCUT2D eigenvalue weighted by atomic mass is 10.1. The molecule has 0 unspecified atom stereocenters. The Morgan fingerprint density at radius 3 is 2.69 bits per heavy atom. The predicted octanol–water partition coefficient (Wildman–Crippen LogP) is 3.56. The molecular formula is C20H25NO5. The molecule has 1 N–H and O–H groups in total. The Kier molecular flexibility index (Phi) is 7.26. The van der Waals surface area contributed by atoms with E-state index >= 15 is 0 Å². The highest BCUT2D eigenvalue weighted by Gasteiger charge is 2.10. The number of esters is 1. The monoisotopic (exact) mass is 359 g/mol. The molecule has 1 heterocycles. The Morgan fingerprint density at radius 2 is 2.00 bits per heavy atom. The molecule has 0 saturated carbocycles. The quantitative estimate of drug-likeness (QED) is 0.693. The zero-order valence-corrected chi connectivity index (χ0v) is 15.4. The fourth-order valence-electron chi connectivity index (χ4n) is 2.21. The summed E-state index contributed by atoms with van der Waals surface area (Å²) in [7, 11) is 0. The molecular weight excluding hydrogens is 334 g/mol. The number of nitrogens with one attached hydrogen (secondary N) is 1. The summed E-state index contributed by atoms with van der Waals surface area (Å²) in [4.78, 5) is 27.1. The summed E-state index contributed by atoms with van der Waals surface area (Å²) in [6.45, 7) is 7.04. The molecule has 26 heavy (non-hydrogen) atoms. The van der Waals surface area contributed by atoms with Crippen LogP contribution in [-0.2, 0) is 11.3 Å². The van der Waals surface area contributed by atoms with Gasteiger partial charge in [-0.25, -0.2) is 4.79 Å². The Hall–Kier alpha value is -2.76. The van der Waals surface area contributed by atoms with Crippen molar-refractivity contribution in [1.82, 2.24) is 4.98 Å². The van der Waals surface area contributed by atoms with E-state index in [4.69, 9.17) is 14.2 Å². The third kappa shape index (κ3) is 5.95. The Balaban J connectivity index is 1.92. The van der Waals surface area contributed by atoms with E-state index in [0.29, 0.717) is 36.1 Å². The minimum Gasteiger partial charge on any atom is -0.494 e. The van der Waals surface area contributed by atoms with Crippen molar-refractivity contribution in [3.63, 3.8) is 0 Å². The van der Waals surface area contributed by atoms with E-state index in [1.54, 1.807) is 24.3 Å². The molecule has 1 aromatic carbocycles.